The smallest absolute Gasteiger partial charge is 0.252 e. The lowest BCUT2D eigenvalue weighted by Gasteiger charge is -2.62. The first-order chi connectivity index (χ1) is 13.3. The van der Waals surface area contributed by atoms with Crippen LogP contribution in [0.4, 0.5) is 0 Å². The molecule has 3 fully saturated rings. The molecule has 152 valence electrons. The van der Waals surface area contributed by atoms with Crippen LogP contribution in [0.15, 0.2) is 17.5 Å². The van der Waals surface area contributed by atoms with Gasteiger partial charge in [0, 0.05) is 28.3 Å². The molecule has 0 radical (unpaired) electrons. The SMILES string of the molecule is C/C=C\c1scc(C(=O)N[C@@H]2C(CC=O)CC3CC2C3(C)C)c1/C=C\C(C)C. The largest absolute Gasteiger partial charge is 0.349 e. The van der Waals surface area contributed by atoms with E-state index in [0.29, 0.717) is 24.2 Å². The molecule has 1 aromatic rings. The molecule has 3 aliphatic rings. The van der Waals surface area contributed by atoms with Gasteiger partial charge in [-0.2, -0.15) is 0 Å². The van der Waals surface area contributed by atoms with Crippen molar-refractivity contribution in [3.63, 3.8) is 0 Å². The molecule has 1 heterocycles. The van der Waals surface area contributed by atoms with Crippen LogP contribution in [0.1, 0.15) is 74.7 Å². The maximum atomic E-state index is 13.3. The fourth-order valence-corrected chi connectivity index (χ4v) is 6.02. The third kappa shape index (κ3) is 3.89. The van der Waals surface area contributed by atoms with Crippen LogP contribution >= 0.6 is 11.3 Å². The maximum absolute atomic E-state index is 13.3. The number of carbonyl (C=O) groups is 2. The molecule has 3 saturated carbocycles. The highest BCUT2D eigenvalue weighted by Gasteiger charge is 2.57. The Kier molecular flexibility index (Phi) is 6.28. The van der Waals surface area contributed by atoms with Crippen molar-refractivity contribution in [2.45, 2.75) is 59.9 Å². The lowest BCUT2D eigenvalue weighted by Crippen LogP contribution is -2.63. The Balaban J connectivity index is 1.86. The third-order valence-electron chi connectivity index (χ3n) is 6.84. The van der Waals surface area contributed by atoms with E-state index in [1.54, 1.807) is 11.3 Å². The van der Waals surface area contributed by atoms with E-state index < -0.39 is 0 Å². The molecule has 3 nitrogen and oxygen atoms in total. The highest BCUT2D eigenvalue weighted by molar-refractivity contribution is 7.11. The lowest BCUT2D eigenvalue weighted by atomic mass is 9.44. The van der Waals surface area contributed by atoms with Crippen LogP contribution in [0.2, 0.25) is 0 Å². The molecular formula is C24H33NO2S. The third-order valence-corrected chi connectivity index (χ3v) is 7.80. The number of fused-ring (bicyclic) bond motifs is 2. The summed E-state index contributed by atoms with van der Waals surface area (Å²) in [5, 5.41) is 5.32. The molecule has 0 aliphatic heterocycles. The normalized spacial score (nSPS) is 28.6. The van der Waals surface area contributed by atoms with Gasteiger partial charge in [-0.15, -0.1) is 11.3 Å². The fraction of sp³-hybridized carbons (Fsp3) is 0.583. The predicted molar refractivity (Wildman–Crippen MR) is 118 cm³/mol. The van der Waals surface area contributed by atoms with Crippen LogP contribution in [0.3, 0.4) is 0 Å². The van der Waals surface area contributed by atoms with Gasteiger partial charge in [-0.25, -0.2) is 0 Å². The monoisotopic (exact) mass is 399 g/mol. The standard InChI is InChI=1S/C24H33NO2S/c1-6-7-21-18(9-8-15(2)3)19(14-28-21)23(27)25-22-16(10-11-26)12-17-13-20(22)24(17,4)5/h6-9,11,14-17,20,22H,10,12-13H2,1-5H3,(H,25,27)/b7-6-,9-8-/t16?,17?,20?,22-/m1/s1. The van der Waals surface area contributed by atoms with E-state index >= 15 is 0 Å². The van der Waals surface area contributed by atoms with Gasteiger partial charge in [0.25, 0.3) is 5.91 Å². The van der Waals surface area contributed by atoms with E-state index in [-0.39, 0.29) is 23.3 Å². The first kappa shape index (κ1) is 21.0. The summed E-state index contributed by atoms with van der Waals surface area (Å²) in [4.78, 5) is 25.6. The Morgan fingerprint density at radius 3 is 2.68 bits per heavy atom. The van der Waals surface area contributed by atoms with Crippen LogP contribution in [0.25, 0.3) is 12.2 Å². The van der Waals surface area contributed by atoms with Gasteiger partial charge in [0.15, 0.2) is 0 Å². The van der Waals surface area contributed by atoms with Gasteiger partial charge in [0.2, 0.25) is 0 Å². The summed E-state index contributed by atoms with van der Waals surface area (Å²) in [5.74, 6) is 1.84. The van der Waals surface area contributed by atoms with E-state index in [9.17, 15) is 9.59 Å². The van der Waals surface area contributed by atoms with Gasteiger partial charge in [0.1, 0.15) is 6.29 Å². The Bertz CT molecular complexity index is 787. The summed E-state index contributed by atoms with van der Waals surface area (Å²) in [7, 11) is 0. The van der Waals surface area contributed by atoms with Crippen molar-refractivity contribution in [2.75, 3.05) is 0 Å². The van der Waals surface area contributed by atoms with Gasteiger partial charge >= 0.3 is 0 Å². The number of thiophene rings is 1. The average molecular weight is 400 g/mol. The molecule has 1 amide bonds. The number of carbonyl (C=O) groups excluding carboxylic acids is 2. The topological polar surface area (TPSA) is 46.2 Å². The van der Waals surface area contributed by atoms with Gasteiger partial charge < -0.3 is 10.1 Å². The van der Waals surface area contributed by atoms with Crippen molar-refractivity contribution in [2.24, 2.45) is 29.1 Å². The number of rotatable bonds is 7. The minimum atomic E-state index is -0.00235. The Morgan fingerprint density at radius 1 is 1.32 bits per heavy atom. The quantitative estimate of drug-likeness (QED) is 0.587. The van der Waals surface area contributed by atoms with Crippen LogP contribution in [0, 0.1) is 29.1 Å². The van der Waals surface area contributed by atoms with Gasteiger partial charge in [-0.1, -0.05) is 45.9 Å². The van der Waals surface area contributed by atoms with Crippen molar-refractivity contribution in [1.82, 2.24) is 5.32 Å². The maximum Gasteiger partial charge on any atom is 0.252 e. The molecule has 0 saturated heterocycles. The number of nitrogens with one attached hydrogen (secondary N) is 1. The summed E-state index contributed by atoms with van der Waals surface area (Å²) >= 11 is 1.61. The second-order valence-corrected chi connectivity index (χ2v) is 10.2. The van der Waals surface area contributed by atoms with E-state index in [1.807, 2.05) is 18.4 Å². The van der Waals surface area contributed by atoms with Crippen LogP contribution in [-0.4, -0.2) is 18.2 Å². The second kappa shape index (κ2) is 8.36. The molecule has 1 N–H and O–H groups in total. The van der Waals surface area contributed by atoms with Crippen molar-refractivity contribution >= 4 is 35.7 Å². The van der Waals surface area contributed by atoms with Crippen molar-refractivity contribution in [3.05, 3.63) is 33.5 Å². The molecule has 28 heavy (non-hydrogen) atoms. The zero-order chi connectivity index (χ0) is 20.5. The Hall–Kier alpha value is -1.68. The molecule has 3 unspecified atom stereocenters. The van der Waals surface area contributed by atoms with Crippen LogP contribution in [-0.2, 0) is 4.79 Å². The highest BCUT2D eigenvalue weighted by atomic mass is 32.1. The summed E-state index contributed by atoms with van der Waals surface area (Å²) in [6, 6.07) is 0.0877. The van der Waals surface area contributed by atoms with Crippen molar-refractivity contribution in [3.8, 4) is 0 Å². The molecule has 1 aromatic heterocycles. The summed E-state index contributed by atoms with van der Waals surface area (Å²) in [6.07, 6.45) is 12.1. The predicted octanol–water partition coefficient (Wildman–Crippen LogP) is 5.82. The molecule has 2 bridgehead atoms. The number of allylic oxidation sites excluding steroid dienone is 2. The van der Waals surface area contributed by atoms with E-state index in [0.717, 1.165) is 28.7 Å². The molecule has 0 aromatic carbocycles. The van der Waals surface area contributed by atoms with Crippen molar-refractivity contribution < 1.29 is 9.59 Å². The lowest BCUT2D eigenvalue weighted by molar-refractivity contribution is -0.123. The second-order valence-electron chi connectivity index (χ2n) is 9.29. The summed E-state index contributed by atoms with van der Waals surface area (Å²) in [5.41, 5.74) is 2.00. The number of aldehydes is 1. The van der Waals surface area contributed by atoms with E-state index in [2.05, 4.69) is 51.2 Å². The average Bonchev–Trinajstić information content (AvgIpc) is 3.04. The van der Waals surface area contributed by atoms with Gasteiger partial charge in [-0.3, -0.25) is 4.79 Å². The Morgan fingerprint density at radius 2 is 2.07 bits per heavy atom. The van der Waals surface area contributed by atoms with E-state index in [4.69, 9.17) is 0 Å². The zero-order valence-corrected chi connectivity index (χ0v) is 18.5. The Labute approximate surface area is 173 Å². The minimum Gasteiger partial charge on any atom is -0.349 e. The first-order valence-electron chi connectivity index (χ1n) is 10.5. The number of hydrogen-bond acceptors (Lipinski definition) is 3. The molecule has 3 aliphatic carbocycles. The molecule has 4 atom stereocenters. The summed E-state index contributed by atoms with van der Waals surface area (Å²) < 4.78 is 0. The summed E-state index contributed by atoms with van der Waals surface area (Å²) in [6.45, 7) is 10.9. The van der Waals surface area contributed by atoms with Crippen LogP contribution in [0.5, 0.6) is 0 Å². The zero-order valence-electron chi connectivity index (χ0n) is 17.7. The number of amides is 1. The number of hydrogen-bond donors (Lipinski definition) is 1. The van der Waals surface area contributed by atoms with Gasteiger partial charge in [0.05, 0.1) is 5.56 Å². The molecule has 4 rings (SSSR count). The fourth-order valence-electron chi connectivity index (χ4n) is 5.02. The highest BCUT2D eigenvalue weighted by Crippen LogP contribution is 2.61. The first-order valence-corrected chi connectivity index (χ1v) is 11.3. The van der Waals surface area contributed by atoms with Gasteiger partial charge in [-0.05, 0) is 54.9 Å². The van der Waals surface area contributed by atoms with Crippen LogP contribution < -0.4 is 5.32 Å². The molecule has 4 heteroatoms. The van der Waals surface area contributed by atoms with E-state index in [1.165, 1.54) is 6.42 Å². The molecule has 0 spiro atoms. The van der Waals surface area contributed by atoms with Crippen molar-refractivity contribution in [1.29, 1.82) is 0 Å². The molecular weight excluding hydrogens is 366 g/mol. The minimum absolute atomic E-state index is 0.00235.